The molecule has 2 aliphatic rings. The van der Waals surface area contributed by atoms with E-state index in [9.17, 15) is 48.8 Å². The van der Waals surface area contributed by atoms with Crippen LogP contribution in [0, 0.1) is 0 Å². The molecular weight excluding hydrogens is 991 g/mol. The Morgan fingerprint density at radius 3 is 1.91 bits per heavy atom. The highest BCUT2D eigenvalue weighted by molar-refractivity contribution is 7.86. The number of anilines is 1. The van der Waals surface area contributed by atoms with Crippen LogP contribution in [0.2, 0.25) is 0 Å². The van der Waals surface area contributed by atoms with Gasteiger partial charge in [0.25, 0.3) is 30.4 Å². The lowest BCUT2D eigenvalue weighted by atomic mass is 9.75. The second kappa shape index (κ2) is 24.8. The van der Waals surface area contributed by atoms with Crippen LogP contribution in [0.25, 0.3) is 5.57 Å². The van der Waals surface area contributed by atoms with Gasteiger partial charge in [0.1, 0.15) is 6.54 Å². The van der Waals surface area contributed by atoms with Crippen LogP contribution in [-0.2, 0) is 62.4 Å². The van der Waals surface area contributed by atoms with Gasteiger partial charge in [-0.1, -0.05) is 58.4 Å². The zero-order chi connectivity index (χ0) is 50.5. The van der Waals surface area contributed by atoms with E-state index in [1.165, 1.54) is 24.4 Å². The number of carboxylic acid groups (broad SMARTS) is 1. The monoisotopic (exact) mass is 1050 g/mol. The first-order valence-corrected chi connectivity index (χ1v) is 27.1. The van der Waals surface area contributed by atoms with Gasteiger partial charge in [-0.2, -0.15) is 29.8 Å². The summed E-state index contributed by atoms with van der Waals surface area (Å²) in [6.07, 6.45) is 12.3. The maximum atomic E-state index is 12.3. The summed E-state index contributed by atoms with van der Waals surface area (Å²) in [5, 5.41) is 9.63. The zero-order valence-electron chi connectivity index (χ0n) is 36.8. The Hall–Kier alpha value is -5.28. The lowest BCUT2D eigenvalue weighted by molar-refractivity contribution is -0.438. The van der Waals surface area contributed by atoms with Crippen molar-refractivity contribution in [2.45, 2.75) is 95.8 Å². The molecule has 68 heavy (non-hydrogen) atoms. The number of pyridine rings is 1. The molecule has 3 aromatic rings. The van der Waals surface area contributed by atoms with Gasteiger partial charge in [-0.25, -0.2) is 4.79 Å². The standard InChI is InChI=1S/C42H51N3O11S3.CH4.2O3S/c1-5-7-24-44-36-13-9-8-12-33(36)42(4,23-10-26-57(48,49)50)39(44)21-16-30(35-18-14-31(29-43-35)40(46)47)15-20-38-41(3,22-6-2)34-28-32(59(54,55)56)17-19-37(34)45(38)25-11-27-58(51,52)53;;2*1-4(2)3/h8-9,12-21,28-29H,5-7,10-11,22-27H2,1-4H3,(H3-,46,47,48,49,50,51,52,53,54,55,56);1H4;;/p+1. The van der Waals surface area contributed by atoms with Crippen LogP contribution in [0.5, 0.6) is 0 Å². The van der Waals surface area contributed by atoms with Crippen LogP contribution < -0.4 is 4.90 Å². The number of allylic oxidation sites excluding steroid dienone is 6. The highest BCUT2D eigenvalue weighted by Crippen LogP contribution is 2.51. The summed E-state index contributed by atoms with van der Waals surface area (Å²) in [5.41, 5.74) is 4.23. The number of hydrogen-bond donors (Lipinski definition) is 4. The van der Waals surface area contributed by atoms with E-state index in [-0.39, 0.29) is 37.3 Å². The van der Waals surface area contributed by atoms with Crippen molar-refractivity contribution in [3.8, 4) is 0 Å². The number of benzene rings is 2. The van der Waals surface area contributed by atoms with Gasteiger partial charge < -0.3 is 10.0 Å². The Labute approximate surface area is 400 Å². The van der Waals surface area contributed by atoms with Gasteiger partial charge in [0.2, 0.25) is 5.69 Å². The molecule has 2 aliphatic heterocycles. The molecule has 0 bridgehead atoms. The molecule has 4 N–H and O–H groups in total. The minimum Gasteiger partial charge on any atom is -0.478 e. The third-order valence-corrected chi connectivity index (χ3v) is 13.6. The number of aromatic carboxylic acids is 1. The molecule has 25 heteroatoms. The molecule has 2 aromatic carbocycles. The maximum Gasteiger partial charge on any atom is 0.425 e. The van der Waals surface area contributed by atoms with E-state index < -0.39 is 79.9 Å². The molecule has 2 atom stereocenters. The smallest absolute Gasteiger partial charge is 0.425 e. The molecule has 0 aliphatic carbocycles. The summed E-state index contributed by atoms with van der Waals surface area (Å²) < 4.78 is 154. The highest BCUT2D eigenvalue weighted by atomic mass is 32.2. The molecule has 374 valence electrons. The van der Waals surface area contributed by atoms with Gasteiger partial charge in [0, 0.05) is 59.2 Å². The van der Waals surface area contributed by atoms with Crippen LogP contribution >= 0.6 is 0 Å². The fraction of sp³-hybridized carbons (Fsp3) is 0.419. The van der Waals surface area contributed by atoms with Crippen molar-refractivity contribution in [2.24, 2.45) is 0 Å². The maximum absolute atomic E-state index is 12.3. The lowest BCUT2D eigenvalue weighted by Gasteiger charge is -2.30. The van der Waals surface area contributed by atoms with Crippen molar-refractivity contribution in [1.82, 2.24) is 4.98 Å². The number of carboxylic acids is 1. The van der Waals surface area contributed by atoms with Crippen molar-refractivity contribution in [3.05, 3.63) is 113 Å². The summed E-state index contributed by atoms with van der Waals surface area (Å²) in [5.74, 6) is -2.06. The van der Waals surface area contributed by atoms with E-state index in [0.717, 1.165) is 29.8 Å². The van der Waals surface area contributed by atoms with Gasteiger partial charge >= 0.3 is 27.2 Å². The van der Waals surface area contributed by atoms with Crippen LogP contribution in [0.15, 0.2) is 95.7 Å². The number of fused-ring (bicyclic) bond motifs is 2. The number of nitrogens with zero attached hydrogens (tertiary/aromatic N) is 3. The van der Waals surface area contributed by atoms with Gasteiger partial charge in [-0.3, -0.25) is 18.6 Å². The van der Waals surface area contributed by atoms with E-state index in [4.69, 9.17) is 25.3 Å². The van der Waals surface area contributed by atoms with Crippen LogP contribution in [0.4, 0.5) is 11.4 Å². The van der Waals surface area contributed by atoms with Gasteiger partial charge in [-0.05, 0) is 87.6 Å². The Kier molecular flexibility index (Phi) is 21.5. The summed E-state index contributed by atoms with van der Waals surface area (Å²) >= 11 is 0. The number of carbonyl (C=O) groups is 1. The molecule has 5 rings (SSSR count). The van der Waals surface area contributed by atoms with Gasteiger partial charge in [0.05, 0.1) is 33.1 Å². The van der Waals surface area contributed by atoms with Gasteiger partial charge in [0.15, 0.2) is 5.71 Å². The predicted octanol–water partition coefficient (Wildman–Crippen LogP) is 5.86. The topological polar surface area (TPSA) is 322 Å². The van der Waals surface area contributed by atoms with Crippen LogP contribution in [-0.4, -0.2) is 115 Å². The molecule has 1 aromatic heterocycles. The Morgan fingerprint density at radius 2 is 1.38 bits per heavy atom. The largest absolute Gasteiger partial charge is 0.478 e. The third-order valence-electron chi connectivity index (χ3n) is 11.1. The van der Waals surface area contributed by atoms with E-state index in [1.807, 2.05) is 74.2 Å². The average molecular weight is 1050 g/mol. The molecule has 0 spiro atoms. The first-order valence-electron chi connectivity index (χ1n) is 20.5. The average Bonchev–Trinajstić information content (AvgIpc) is 3.58. The molecule has 20 nitrogen and oxygen atoms in total. The quantitative estimate of drug-likeness (QED) is 0.0620. The highest BCUT2D eigenvalue weighted by Gasteiger charge is 2.47. The third kappa shape index (κ3) is 16.2. The number of unbranched alkanes of at least 4 members (excludes halogenated alkanes) is 1. The number of aromatic nitrogens is 1. The van der Waals surface area contributed by atoms with E-state index in [2.05, 4.69) is 16.5 Å². The fourth-order valence-electron chi connectivity index (χ4n) is 8.30. The van der Waals surface area contributed by atoms with E-state index >= 15 is 0 Å². The van der Waals surface area contributed by atoms with E-state index in [0.29, 0.717) is 54.0 Å². The summed E-state index contributed by atoms with van der Waals surface area (Å²) in [7, 11) is -19.3. The SMILES string of the molecule is C.CCCC[N+]1=C(/C=C/C(=C/C=C2/N(CCCS(=O)(=O)O)c3ccc(S(=O)(=O)O)cc3C2(C)CCC)c2ccc(C(=O)O)cn2)C(C)(CCCS(=O)(=O)O)c2ccccc21.O=S(=O)=O.O=S(=O)=O. The molecule has 0 saturated carbocycles. The van der Waals surface area contributed by atoms with Gasteiger partial charge in [-0.15, -0.1) is 25.3 Å². The summed E-state index contributed by atoms with van der Waals surface area (Å²) in [6, 6.07) is 15.2. The molecule has 0 amide bonds. The summed E-state index contributed by atoms with van der Waals surface area (Å²) in [6.45, 7) is 8.86. The zero-order valence-corrected chi connectivity index (χ0v) is 40.9. The minimum absolute atomic E-state index is 0. The fourth-order valence-corrected chi connectivity index (χ4v) is 9.81. The van der Waals surface area contributed by atoms with Crippen molar-refractivity contribution in [2.75, 3.05) is 29.5 Å². The Bertz CT molecular complexity index is 2990. The van der Waals surface area contributed by atoms with Crippen molar-refractivity contribution < 1.29 is 78.6 Å². The second-order valence-corrected chi connectivity index (χ2v) is 21.2. The van der Waals surface area contributed by atoms with Crippen molar-refractivity contribution >= 4 is 80.2 Å². The first-order chi connectivity index (χ1) is 31.1. The van der Waals surface area contributed by atoms with Crippen molar-refractivity contribution in [1.29, 1.82) is 0 Å². The van der Waals surface area contributed by atoms with Crippen LogP contribution in [0.1, 0.15) is 107 Å². The predicted molar refractivity (Wildman–Crippen MR) is 254 cm³/mol. The minimum atomic E-state index is -4.57. The first kappa shape index (κ1) is 58.8. The molecule has 0 radical (unpaired) electrons. The van der Waals surface area contributed by atoms with E-state index in [1.54, 1.807) is 12.1 Å². The Morgan fingerprint density at radius 1 is 0.779 bits per heavy atom. The van der Waals surface area contributed by atoms with Crippen LogP contribution in [0.3, 0.4) is 0 Å². The molecular formula is C43H56N3O17S5+. The Balaban J connectivity index is 0.00000163. The summed E-state index contributed by atoms with van der Waals surface area (Å²) in [4.78, 5) is 17.9. The number of hydrogen-bond acceptors (Lipinski definition) is 15. The molecule has 0 saturated heterocycles. The number of para-hydroxylation sites is 1. The second-order valence-electron chi connectivity index (χ2n) is 15.8. The van der Waals surface area contributed by atoms with Crippen molar-refractivity contribution in [3.63, 3.8) is 0 Å². The molecule has 0 fully saturated rings. The normalized spacial score (nSPS) is 18.5. The molecule has 3 heterocycles. The number of rotatable bonds is 19. The molecule has 2 unspecified atom stereocenters. The lowest BCUT2D eigenvalue weighted by Crippen LogP contribution is -2.32.